The highest BCUT2D eigenvalue weighted by Crippen LogP contribution is 2.22. The summed E-state index contributed by atoms with van der Waals surface area (Å²) in [5, 5.41) is 6.44. The molecule has 3 rings (SSSR count). The fourth-order valence-electron chi connectivity index (χ4n) is 2.83. The Kier molecular flexibility index (Phi) is 4.49. The summed E-state index contributed by atoms with van der Waals surface area (Å²) in [4.78, 5) is 2.49. The van der Waals surface area contributed by atoms with Gasteiger partial charge in [-0.1, -0.05) is 23.7 Å². The first-order chi connectivity index (χ1) is 9.74. The van der Waals surface area contributed by atoms with Crippen LogP contribution in [0.5, 0.6) is 0 Å². The van der Waals surface area contributed by atoms with E-state index in [4.69, 9.17) is 23.2 Å². The molecule has 1 fully saturated rings. The summed E-state index contributed by atoms with van der Waals surface area (Å²) >= 11 is 12.3. The number of rotatable bonds is 4. The van der Waals surface area contributed by atoms with Gasteiger partial charge in [-0.15, -0.1) is 11.6 Å². The first kappa shape index (κ1) is 14.2. The number of alkyl halides is 1. The lowest BCUT2D eigenvalue weighted by atomic mass is 10.1. The van der Waals surface area contributed by atoms with Gasteiger partial charge in [0.25, 0.3) is 0 Å². The molecule has 1 aromatic carbocycles. The summed E-state index contributed by atoms with van der Waals surface area (Å²) in [6.45, 7) is 4.26. The molecule has 0 bridgehead atoms. The molecule has 1 aliphatic rings. The van der Waals surface area contributed by atoms with E-state index < -0.39 is 0 Å². The van der Waals surface area contributed by atoms with Crippen molar-refractivity contribution in [2.45, 2.75) is 31.2 Å². The van der Waals surface area contributed by atoms with Crippen molar-refractivity contribution in [2.75, 3.05) is 19.6 Å². The molecule has 0 spiro atoms. The largest absolute Gasteiger partial charge is 0.303 e. The van der Waals surface area contributed by atoms with Crippen LogP contribution in [-0.2, 0) is 6.54 Å². The molecule has 0 amide bonds. The van der Waals surface area contributed by atoms with Crippen molar-refractivity contribution in [3.63, 3.8) is 0 Å². The van der Waals surface area contributed by atoms with Crippen LogP contribution in [0.1, 0.15) is 19.3 Å². The van der Waals surface area contributed by atoms with Crippen molar-refractivity contribution < 1.29 is 0 Å². The van der Waals surface area contributed by atoms with Crippen molar-refractivity contribution in [1.82, 2.24) is 14.7 Å². The average molecular weight is 312 g/mol. The molecule has 0 radical (unpaired) electrons. The van der Waals surface area contributed by atoms with E-state index in [1.807, 2.05) is 22.9 Å². The van der Waals surface area contributed by atoms with Crippen molar-refractivity contribution in [2.24, 2.45) is 0 Å². The second-order valence-corrected chi connectivity index (χ2v) is 6.38. The number of piperidine rings is 1. The molecule has 20 heavy (non-hydrogen) atoms. The van der Waals surface area contributed by atoms with E-state index in [0.717, 1.165) is 56.3 Å². The molecule has 3 nitrogen and oxygen atoms in total. The van der Waals surface area contributed by atoms with Gasteiger partial charge in [0.2, 0.25) is 0 Å². The van der Waals surface area contributed by atoms with Gasteiger partial charge in [0.1, 0.15) is 0 Å². The third-order valence-corrected chi connectivity index (χ3v) is 4.69. The number of aromatic nitrogens is 2. The molecule has 1 saturated heterocycles. The van der Waals surface area contributed by atoms with Gasteiger partial charge in [0.05, 0.1) is 5.52 Å². The molecule has 0 N–H and O–H groups in total. The maximum atomic E-state index is 6.16. The Balaban J connectivity index is 1.57. The Labute approximate surface area is 129 Å². The molecule has 0 unspecified atom stereocenters. The summed E-state index contributed by atoms with van der Waals surface area (Å²) in [6.07, 6.45) is 3.31. The molecule has 108 valence electrons. The highest BCUT2D eigenvalue weighted by molar-refractivity contribution is 6.34. The number of benzene rings is 1. The number of hydrogen-bond acceptors (Lipinski definition) is 2. The number of fused-ring (bicyclic) bond motifs is 1. The minimum Gasteiger partial charge on any atom is -0.303 e. The van der Waals surface area contributed by atoms with Crippen LogP contribution in [0.25, 0.3) is 10.9 Å². The number of halogens is 2. The topological polar surface area (TPSA) is 21.1 Å². The van der Waals surface area contributed by atoms with Crippen LogP contribution in [0.3, 0.4) is 0 Å². The number of para-hydroxylation sites is 1. The van der Waals surface area contributed by atoms with E-state index in [2.05, 4.69) is 16.1 Å². The van der Waals surface area contributed by atoms with Crippen LogP contribution in [0.4, 0.5) is 0 Å². The first-order valence-corrected chi connectivity index (χ1v) is 8.03. The van der Waals surface area contributed by atoms with Gasteiger partial charge in [-0.2, -0.15) is 5.10 Å². The lowest BCUT2D eigenvalue weighted by Gasteiger charge is -2.29. The number of aryl methyl sites for hydroxylation is 1. The SMILES string of the molecule is Clc1nn(CCCN2CCC(Cl)CC2)c2ccccc12. The van der Waals surface area contributed by atoms with E-state index >= 15 is 0 Å². The van der Waals surface area contributed by atoms with Crippen LogP contribution >= 0.6 is 23.2 Å². The second kappa shape index (κ2) is 6.33. The van der Waals surface area contributed by atoms with Gasteiger partial charge < -0.3 is 4.90 Å². The first-order valence-electron chi connectivity index (χ1n) is 7.21. The van der Waals surface area contributed by atoms with E-state index in [1.54, 1.807) is 0 Å². The van der Waals surface area contributed by atoms with Gasteiger partial charge in [-0.25, -0.2) is 0 Å². The minimum atomic E-state index is 0.375. The zero-order chi connectivity index (χ0) is 13.9. The lowest BCUT2D eigenvalue weighted by Crippen LogP contribution is -2.35. The molecule has 1 aromatic heterocycles. The standard InChI is InChI=1S/C15H19Cl2N3/c16-12-6-10-19(11-7-12)8-3-9-20-14-5-2-1-4-13(14)15(17)18-20/h1-2,4-5,12H,3,6-11H2. The highest BCUT2D eigenvalue weighted by Gasteiger charge is 2.16. The number of nitrogens with zero attached hydrogens (tertiary/aromatic N) is 3. The third-order valence-electron chi connectivity index (χ3n) is 3.97. The van der Waals surface area contributed by atoms with Gasteiger partial charge in [0.15, 0.2) is 5.15 Å². The highest BCUT2D eigenvalue weighted by atomic mass is 35.5. The summed E-state index contributed by atoms with van der Waals surface area (Å²) in [7, 11) is 0. The second-order valence-electron chi connectivity index (χ2n) is 5.40. The molecule has 0 atom stereocenters. The maximum absolute atomic E-state index is 6.16. The maximum Gasteiger partial charge on any atom is 0.158 e. The summed E-state index contributed by atoms with van der Waals surface area (Å²) in [5.41, 5.74) is 1.12. The van der Waals surface area contributed by atoms with Gasteiger partial charge >= 0.3 is 0 Å². The Morgan fingerprint density at radius 1 is 1.15 bits per heavy atom. The monoisotopic (exact) mass is 311 g/mol. The van der Waals surface area contributed by atoms with Crippen LogP contribution in [0.2, 0.25) is 5.15 Å². The normalized spacial score (nSPS) is 17.9. The predicted octanol–water partition coefficient (Wildman–Crippen LogP) is 3.78. The van der Waals surface area contributed by atoms with Crippen molar-refractivity contribution >= 4 is 34.1 Å². The summed E-state index contributed by atoms with van der Waals surface area (Å²) < 4.78 is 2.02. The van der Waals surface area contributed by atoms with Crippen LogP contribution in [0.15, 0.2) is 24.3 Å². The van der Waals surface area contributed by atoms with E-state index in [1.165, 1.54) is 0 Å². The van der Waals surface area contributed by atoms with Crippen molar-refractivity contribution in [3.8, 4) is 0 Å². The molecule has 0 saturated carbocycles. The minimum absolute atomic E-state index is 0.375. The molecular weight excluding hydrogens is 293 g/mol. The average Bonchev–Trinajstić information content (AvgIpc) is 2.79. The molecule has 2 aromatic rings. The number of likely N-dealkylation sites (tertiary alicyclic amines) is 1. The fourth-order valence-corrected chi connectivity index (χ4v) is 3.27. The lowest BCUT2D eigenvalue weighted by molar-refractivity contribution is 0.224. The molecule has 5 heteroatoms. The Morgan fingerprint density at radius 3 is 2.70 bits per heavy atom. The fraction of sp³-hybridized carbons (Fsp3) is 0.533. The zero-order valence-electron chi connectivity index (χ0n) is 11.4. The number of hydrogen-bond donors (Lipinski definition) is 0. The van der Waals surface area contributed by atoms with Gasteiger partial charge in [0, 0.05) is 17.3 Å². The zero-order valence-corrected chi connectivity index (χ0v) is 12.9. The van der Waals surface area contributed by atoms with Crippen molar-refractivity contribution in [3.05, 3.63) is 29.4 Å². The van der Waals surface area contributed by atoms with Gasteiger partial charge in [-0.05, 0) is 51.0 Å². The summed E-state index contributed by atoms with van der Waals surface area (Å²) in [6, 6.07) is 8.12. The smallest absolute Gasteiger partial charge is 0.158 e. The van der Waals surface area contributed by atoms with E-state index in [9.17, 15) is 0 Å². The Morgan fingerprint density at radius 2 is 1.90 bits per heavy atom. The Bertz CT molecular complexity index is 574. The van der Waals surface area contributed by atoms with Crippen LogP contribution in [-0.4, -0.2) is 39.7 Å². The summed E-state index contributed by atoms with van der Waals surface area (Å²) in [5.74, 6) is 0. The predicted molar refractivity (Wildman–Crippen MR) is 84.7 cm³/mol. The van der Waals surface area contributed by atoms with E-state index in [-0.39, 0.29) is 0 Å². The molecule has 1 aliphatic heterocycles. The van der Waals surface area contributed by atoms with Crippen molar-refractivity contribution in [1.29, 1.82) is 0 Å². The molecular formula is C15H19Cl2N3. The van der Waals surface area contributed by atoms with Crippen LogP contribution < -0.4 is 0 Å². The Hall–Kier alpha value is -0.770. The van der Waals surface area contributed by atoms with E-state index in [0.29, 0.717) is 10.5 Å². The van der Waals surface area contributed by atoms with Crippen LogP contribution in [0, 0.1) is 0 Å². The quantitative estimate of drug-likeness (QED) is 0.801. The molecule has 2 heterocycles. The third kappa shape index (κ3) is 3.11. The van der Waals surface area contributed by atoms with Gasteiger partial charge in [-0.3, -0.25) is 4.68 Å². The molecule has 0 aliphatic carbocycles.